The Morgan fingerprint density at radius 3 is 3.00 bits per heavy atom. The molecule has 0 saturated carbocycles. The van der Waals surface area contributed by atoms with Gasteiger partial charge in [-0.1, -0.05) is 30.0 Å². The number of aryl methyl sites for hydroxylation is 1. The maximum atomic E-state index is 12.3. The van der Waals surface area contributed by atoms with Gasteiger partial charge in [0.2, 0.25) is 11.0 Å². The van der Waals surface area contributed by atoms with Crippen LogP contribution in [0.25, 0.3) is 0 Å². The number of thioether (sulfide) groups is 1. The number of carbonyl (C=O) groups is 1. The van der Waals surface area contributed by atoms with Gasteiger partial charge in [-0.05, 0) is 32.1 Å². The number of anilines is 1. The number of hydrogen-bond acceptors (Lipinski definition) is 8. The number of aromatic nitrogens is 4. The highest BCUT2D eigenvalue weighted by Gasteiger charge is 2.22. The van der Waals surface area contributed by atoms with Gasteiger partial charge in [-0.25, -0.2) is 4.79 Å². The Morgan fingerprint density at radius 2 is 2.22 bits per heavy atom. The highest BCUT2D eigenvalue weighted by molar-refractivity contribution is 8.00. The molecule has 0 fully saturated rings. The predicted octanol–water partition coefficient (Wildman–Crippen LogP) is 1.65. The van der Waals surface area contributed by atoms with Crippen molar-refractivity contribution >= 4 is 34.1 Å². The Morgan fingerprint density at radius 1 is 1.37 bits per heavy atom. The summed E-state index contributed by atoms with van der Waals surface area (Å²) in [6.45, 7) is 2.59. The Bertz CT molecular complexity index is 865. The third kappa shape index (κ3) is 4.94. The zero-order valence-electron chi connectivity index (χ0n) is 15.2. The van der Waals surface area contributed by atoms with Crippen molar-refractivity contribution in [2.75, 3.05) is 17.7 Å². The van der Waals surface area contributed by atoms with Crippen LogP contribution in [0.3, 0.4) is 0 Å². The Balaban J connectivity index is 1.65. The normalized spacial score (nSPS) is 13.0. The molecule has 8 nitrogen and oxygen atoms in total. The Kier molecular flexibility index (Phi) is 6.97. The molecule has 2 heterocycles. The molecule has 0 spiro atoms. The van der Waals surface area contributed by atoms with Crippen LogP contribution in [0, 0.1) is 0 Å². The van der Waals surface area contributed by atoms with Gasteiger partial charge in [0.05, 0.1) is 5.75 Å². The molecule has 0 radical (unpaired) electrons. The zero-order chi connectivity index (χ0) is 19.2. The number of nitrogens with zero attached hydrogens (tertiary/aromatic N) is 4. The van der Waals surface area contributed by atoms with Crippen molar-refractivity contribution in [2.45, 2.75) is 57.0 Å². The van der Waals surface area contributed by atoms with Gasteiger partial charge >= 0.3 is 5.69 Å². The monoisotopic (exact) mass is 409 g/mol. The van der Waals surface area contributed by atoms with Gasteiger partial charge in [-0.15, -0.1) is 10.2 Å². The molecule has 2 N–H and O–H groups in total. The Hall–Kier alpha value is -1.78. The van der Waals surface area contributed by atoms with E-state index in [0.717, 1.165) is 48.4 Å². The number of carbonyl (C=O) groups excluding carboxylic acids is 1. The summed E-state index contributed by atoms with van der Waals surface area (Å²) in [5, 5.41) is 21.9. The lowest BCUT2D eigenvalue weighted by Crippen LogP contribution is -2.28. The van der Waals surface area contributed by atoms with Crippen LogP contribution in [0.15, 0.2) is 9.82 Å². The van der Waals surface area contributed by atoms with Crippen molar-refractivity contribution in [3.8, 4) is 0 Å². The molecule has 1 amide bonds. The second-order valence-corrected chi connectivity index (χ2v) is 8.32. The first-order chi connectivity index (χ1) is 13.1. The number of aliphatic hydroxyl groups is 1. The number of nitrogens with one attached hydrogen (secondary N) is 1. The molecule has 3 rings (SSSR count). The minimum Gasteiger partial charge on any atom is -0.396 e. The van der Waals surface area contributed by atoms with E-state index >= 15 is 0 Å². The smallest absolute Gasteiger partial charge is 0.348 e. The van der Waals surface area contributed by atoms with Crippen LogP contribution >= 0.6 is 23.1 Å². The second-order valence-electron chi connectivity index (χ2n) is 6.29. The van der Waals surface area contributed by atoms with Crippen LogP contribution in [-0.4, -0.2) is 43.1 Å². The summed E-state index contributed by atoms with van der Waals surface area (Å²) in [6, 6.07) is 0. The van der Waals surface area contributed by atoms with Gasteiger partial charge in [-0.3, -0.25) is 14.7 Å². The van der Waals surface area contributed by atoms with E-state index in [4.69, 9.17) is 5.11 Å². The summed E-state index contributed by atoms with van der Waals surface area (Å²) in [5.74, 6) is -0.0143. The average molecular weight is 410 g/mol. The Labute approximate surface area is 165 Å². The van der Waals surface area contributed by atoms with E-state index in [1.807, 2.05) is 0 Å². The molecule has 146 valence electrons. The lowest BCUT2D eigenvalue weighted by molar-refractivity contribution is -0.113. The molecule has 10 heteroatoms. The highest BCUT2D eigenvalue weighted by atomic mass is 32.2. The number of rotatable bonds is 9. The second kappa shape index (κ2) is 9.43. The van der Waals surface area contributed by atoms with Crippen LogP contribution in [0.4, 0.5) is 5.13 Å². The van der Waals surface area contributed by atoms with E-state index < -0.39 is 0 Å². The first-order valence-corrected chi connectivity index (χ1v) is 10.9. The van der Waals surface area contributed by atoms with Gasteiger partial charge in [0.15, 0.2) is 0 Å². The van der Waals surface area contributed by atoms with E-state index in [2.05, 4.69) is 27.4 Å². The topological polar surface area (TPSA) is 110 Å². The van der Waals surface area contributed by atoms with E-state index in [1.54, 1.807) is 4.57 Å². The van der Waals surface area contributed by atoms with Crippen LogP contribution in [0.1, 0.15) is 42.5 Å². The van der Waals surface area contributed by atoms with Crippen LogP contribution < -0.4 is 11.0 Å². The summed E-state index contributed by atoms with van der Waals surface area (Å²) in [7, 11) is 0. The third-order valence-electron chi connectivity index (χ3n) is 4.26. The molecule has 0 aliphatic heterocycles. The summed E-state index contributed by atoms with van der Waals surface area (Å²) in [6.07, 6.45) is 5.05. The predicted molar refractivity (Wildman–Crippen MR) is 105 cm³/mol. The fourth-order valence-electron chi connectivity index (χ4n) is 3.07. The SMILES string of the molecule is CCCc1nnc(NC(=O)CSc2nc(=O)n(CCCO)c3c2CCC3)s1. The first kappa shape index (κ1) is 20.0. The standard InChI is InChI=1S/C17H23N5O3S2/c1-2-5-14-20-21-16(27-14)18-13(24)10-26-15-11-6-3-7-12(11)22(8-4-9-23)17(25)19-15/h23H,2-10H2,1H3,(H,18,21,24). The summed E-state index contributed by atoms with van der Waals surface area (Å²) < 4.78 is 1.67. The van der Waals surface area contributed by atoms with E-state index in [-0.39, 0.29) is 24.0 Å². The van der Waals surface area contributed by atoms with Crippen molar-refractivity contribution in [1.29, 1.82) is 0 Å². The van der Waals surface area contributed by atoms with E-state index in [9.17, 15) is 9.59 Å². The molecule has 0 atom stereocenters. The van der Waals surface area contributed by atoms with Crippen molar-refractivity contribution in [3.63, 3.8) is 0 Å². The summed E-state index contributed by atoms with van der Waals surface area (Å²) in [4.78, 5) is 28.7. The molecule has 27 heavy (non-hydrogen) atoms. The third-order valence-corrected chi connectivity index (χ3v) is 6.17. The number of hydrogen-bond donors (Lipinski definition) is 2. The van der Waals surface area contributed by atoms with Crippen LogP contribution in [0.2, 0.25) is 0 Å². The molecule has 2 aromatic rings. The van der Waals surface area contributed by atoms with E-state index in [1.165, 1.54) is 23.1 Å². The molecule has 1 aliphatic rings. The maximum absolute atomic E-state index is 12.3. The molecule has 1 aliphatic carbocycles. The van der Waals surface area contributed by atoms with Gasteiger partial charge in [0.25, 0.3) is 0 Å². The molecule has 2 aromatic heterocycles. The lowest BCUT2D eigenvalue weighted by Gasteiger charge is -2.13. The average Bonchev–Trinajstić information content (AvgIpc) is 3.29. The van der Waals surface area contributed by atoms with Gasteiger partial charge in [0.1, 0.15) is 10.0 Å². The van der Waals surface area contributed by atoms with Crippen LogP contribution in [-0.2, 0) is 30.6 Å². The van der Waals surface area contributed by atoms with Crippen molar-refractivity contribution in [3.05, 3.63) is 26.7 Å². The summed E-state index contributed by atoms with van der Waals surface area (Å²) in [5.41, 5.74) is 1.76. The van der Waals surface area contributed by atoms with Crippen molar-refractivity contribution in [1.82, 2.24) is 19.7 Å². The minimum atomic E-state index is -0.305. The van der Waals surface area contributed by atoms with E-state index in [0.29, 0.717) is 23.1 Å². The molecular weight excluding hydrogens is 386 g/mol. The highest BCUT2D eigenvalue weighted by Crippen LogP contribution is 2.29. The van der Waals surface area contributed by atoms with Crippen molar-refractivity contribution in [2.24, 2.45) is 0 Å². The maximum Gasteiger partial charge on any atom is 0.348 e. The zero-order valence-corrected chi connectivity index (χ0v) is 16.9. The number of aliphatic hydroxyl groups excluding tert-OH is 1. The molecule has 0 bridgehead atoms. The minimum absolute atomic E-state index is 0.0451. The molecule has 0 aromatic carbocycles. The first-order valence-electron chi connectivity index (χ1n) is 9.10. The fourth-order valence-corrected chi connectivity index (χ4v) is 4.81. The molecule has 0 saturated heterocycles. The van der Waals surface area contributed by atoms with Gasteiger partial charge in [-0.2, -0.15) is 4.98 Å². The number of amides is 1. The fraction of sp³-hybridized carbons (Fsp3) is 0.588. The van der Waals surface area contributed by atoms with Gasteiger partial charge < -0.3 is 5.11 Å². The van der Waals surface area contributed by atoms with Gasteiger partial charge in [0, 0.05) is 30.8 Å². The molecule has 0 unspecified atom stereocenters. The quantitative estimate of drug-likeness (QED) is 0.479. The largest absolute Gasteiger partial charge is 0.396 e. The summed E-state index contributed by atoms with van der Waals surface area (Å²) >= 11 is 2.67. The van der Waals surface area contributed by atoms with Crippen molar-refractivity contribution < 1.29 is 9.90 Å². The number of fused-ring (bicyclic) bond motifs is 1. The lowest BCUT2D eigenvalue weighted by atomic mass is 10.2. The van der Waals surface area contributed by atoms with Crippen LogP contribution in [0.5, 0.6) is 0 Å². The molecular formula is C17H23N5O3S2.